The van der Waals surface area contributed by atoms with Crippen LogP contribution in [0.15, 0.2) is 24.3 Å². The fourth-order valence-corrected chi connectivity index (χ4v) is 2.07. The van der Waals surface area contributed by atoms with Gasteiger partial charge in [0.15, 0.2) is 17.4 Å². The van der Waals surface area contributed by atoms with Crippen LogP contribution in [0.25, 0.3) is 0 Å². The highest BCUT2D eigenvalue weighted by molar-refractivity contribution is 5.89. The molecule has 0 radical (unpaired) electrons. The van der Waals surface area contributed by atoms with Crippen LogP contribution in [0.1, 0.15) is 21.5 Å². The number of methoxy groups -OCH3 is 2. The third kappa shape index (κ3) is 3.13. The summed E-state index contributed by atoms with van der Waals surface area (Å²) in [4.78, 5) is 11.3. The van der Waals surface area contributed by atoms with Crippen molar-refractivity contribution in [2.24, 2.45) is 0 Å². The molecule has 0 bridgehead atoms. The number of hydrogen-bond donors (Lipinski definition) is 0. The van der Waals surface area contributed by atoms with Crippen LogP contribution in [-0.4, -0.2) is 20.2 Å². The van der Waals surface area contributed by atoms with E-state index in [-0.39, 0.29) is 5.56 Å². The second-order valence-corrected chi connectivity index (χ2v) is 4.63. The lowest BCUT2D eigenvalue weighted by atomic mass is 10.0. The smallest absolute Gasteiger partial charge is 0.337 e. The van der Waals surface area contributed by atoms with Gasteiger partial charge in [-0.15, -0.1) is 0 Å². The first-order valence-electron chi connectivity index (χ1n) is 6.46. The summed E-state index contributed by atoms with van der Waals surface area (Å²) < 4.78 is 63.9. The van der Waals surface area contributed by atoms with Crippen LogP contribution in [0.5, 0.6) is 5.75 Å². The molecule has 2 aromatic carbocycles. The zero-order valence-electron chi connectivity index (χ0n) is 12.3. The number of halogens is 4. The van der Waals surface area contributed by atoms with Crippen molar-refractivity contribution in [3.05, 3.63) is 64.2 Å². The Morgan fingerprint density at radius 2 is 1.43 bits per heavy atom. The molecule has 0 heterocycles. The second-order valence-electron chi connectivity index (χ2n) is 4.63. The number of benzene rings is 2. The summed E-state index contributed by atoms with van der Waals surface area (Å²) >= 11 is 0. The third-order valence-electron chi connectivity index (χ3n) is 3.27. The van der Waals surface area contributed by atoms with Gasteiger partial charge >= 0.3 is 5.97 Å². The number of carbonyl (C=O) groups excluding carboxylic acids is 1. The fourth-order valence-electron chi connectivity index (χ4n) is 2.07. The predicted octanol–water partition coefficient (Wildman–Crippen LogP) is 3.63. The maximum Gasteiger partial charge on any atom is 0.337 e. The number of rotatable bonds is 4. The SMILES string of the molecule is COC(=O)c1ccc(Cc2c(F)c(F)c(OC)c(F)c2F)cc1. The van der Waals surface area contributed by atoms with E-state index in [2.05, 4.69) is 9.47 Å². The summed E-state index contributed by atoms with van der Waals surface area (Å²) in [6, 6.07) is 5.58. The Morgan fingerprint density at radius 1 is 0.913 bits per heavy atom. The van der Waals surface area contributed by atoms with Crippen LogP contribution in [-0.2, 0) is 11.2 Å². The highest BCUT2D eigenvalue weighted by Gasteiger charge is 2.26. The summed E-state index contributed by atoms with van der Waals surface area (Å²) in [5.74, 6) is -7.89. The Labute approximate surface area is 129 Å². The Kier molecular flexibility index (Phi) is 4.88. The van der Waals surface area contributed by atoms with Crippen LogP contribution < -0.4 is 4.74 Å². The standard InChI is InChI=1S/C16H12F4O3/c1-22-15-13(19)11(17)10(12(18)14(15)20)7-8-3-5-9(6-4-8)16(21)23-2/h3-6H,7H2,1-2H3. The van der Waals surface area contributed by atoms with Crippen molar-refractivity contribution >= 4 is 5.97 Å². The summed E-state index contributed by atoms with van der Waals surface area (Å²) in [6.07, 6.45) is -0.392. The molecule has 0 fully saturated rings. The lowest BCUT2D eigenvalue weighted by Gasteiger charge is -2.11. The van der Waals surface area contributed by atoms with Crippen LogP contribution in [0.4, 0.5) is 17.6 Å². The maximum absolute atomic E-state index is 13.9. The minimum atomic E-state index is -1.59. The van der Waals surface area contributed by atoms with Crippen molar-refractivity contribution in [3.8, 4) is 5.75 Å². The molecule has 23 heavy (non-hydrogen) atoms. The Bertz CT molecular complexity index is 713. The average Bonchev–Trinajstić information content (AvgIpc) is 2.57. The van der Waals surface area contributed by atoms with E-state index in [4.69, 9.17) is 0 Å². The molecule has 7 heteroatoms. The van der Waals surface area contributed by atoms with Crippen molar-refractivity contribution < 1.29 is 31.8 Å². The predicted molar refractivity (Wildman–Crippen MR) is 73.4 cm³/mol. The van der Waals surface area contributed by atoms with Crippen molar-refractivity contribution in [2.45, 2.75) is 6.42 Å². The van der Waals surface area contributed by atoms with Gasteiger partial charge < -0.3 is 9.47 Å². The van der Waals surface area contributed by atoms with E-state index in [1.165, 1.54) is 31.4 Å². The maximum atomic E-state index is 13.9. The third-order valence-corrected chi connectivity index (χ3v) is 3.27. The molecule has 0 amide bonds. The van der Waals surface area contributed by atoms with Crippen molar-refractivity contribution in [1.82, 2.24) is 0 Å². The molecule has 0 unspecified atom stereocenters. The first-order valence-corrected chi connectivity index (χ1v) is 6.46. The lowest BCUT2D eigenvalue weighted by Crippen LogP contribution is -2.07. The molecule has 0 aliphatic heterocycles. The first kappa shape index (κ1) is 16.8. The van der Waals surface area contributed by atoms with Gasteiger partial charge in [0.25, 0.3) is 0 Å². The number of carbonyl (C=O) groups is 1. The second kappa shape index (κ2) is 6.68. The van der Waals surface area contributed by atoms with Crippen molar-refractivity contribution in [3.63, 3.8) is 0 Å². The Hall–Kier alpha value is -2.57. The molecule has 3 nitrogen and oxygen atoms in total. The van der Waals surface area contributed by atoms with E-state index in [1.54, 1.807) is 0 Å². The van der Waals surface area contributed by atoms with E-state index < -0.39 is 47.0 Å². The molecule has 2 rings (SSSR count). The van der Waals surface area contributed by atoms with Gasteiger partial charge in [0.1, 0.15) is 0 Å². The molecule has 0 aliphatic carbocycles. The zero-order chi connectivity index (χ0) is 17.1. The molecule has 0 aromatic heterocycles. The topological polar surface area (TPSA) is 35.5 Å². The minimum Gasteiger partial charge on any atom is -0.491 e. The quantitative estimate of drug-likeness (QED) is 0.488. The lowest BCUT2D eigenvalue weighted by molar-refractivity contribution is 0.0600. The van der Waals surface area contributed by atoms with Crippen LogP contribution in [0.2, 0.25) is 0 Å². The molecule has 0 spiro atoms. The number of esters is 1. The van der Waals surface area contributed by atoms with Crippen LogP contribution in [0, 0.1) is 23.3 Å². The van der Waals surface area contributed by atoms with Crippen molar-refractivity contribution in [1.29, 1.82) is 0 Å². The molecule has 0 atom stereocenters. The average molecular weight is 328 g/mol. The molecule has 0 saturated carbocycles. The molecule has 0 aliphatic rings. The number of hydrogen-bond acceptors (Lipinski definition) is 3. The Balaban J connectivity index is 2.39. The van der Waals surface area contributed by atoms with Gasteiger partial charge in [0.05, 0.1) is 19.8 Å². The monoisotopic (exact) mass is 328 g/mol. The summed E-state index contributed by atoms with van der Waals surface area (Å²) in [7, 11) is 2.12. The normalized spacial score (nSPS) is 10.5. The molecule has 0 saturated heterocycles. The van der Waals surface area contributed by atoms with E-state index >= 15 is 0 Å². The molecule has 0 N–H and O–H groups in total. The highest BCUT2D eigenvalue weighted by Crippen LogP contribution is 2.31. The van der Waals surface area contributed by atoms with E-state index in [9.17, 15) is 22.4 Å². The van der Waals surface area contributed by atoms with Gasteiger partial charge in [0, 0.05) is 12.0 Å². The van der Waals surface area contributed by atoms with Gasteiger partial charge in [-0.05, 0) is 17.7 Å². The van der Waals surface area contributed by atoms with Crippen LogP contribution in [0.3, 0.4) is 0 Å². The summed E-state index contributed by atoms with van der Waals surface area (Å²) in [5, 5.41) is 0. The molecular formula is C16H12F4O3. The van der Waals surface area contributed by atoms with Gasteiger partial charge in [-0.2, -0.15) is 8.78 Å². The minimum absolute atomic E-state index is 0.240. The van der Waals surface area contributed by atoms with Crippen molar-refractivity contribution in [2.75, 3.05) is 14.2 Å². The molecule has 122 valence electrons. The summed E-state index contributed by atoms with van der Waals surface area (Å²) in [5.41, 5.74) is -0.157. The van der Waals surface area contributed by atoms with Gasteiger partial charge in [-0.1, -0.05) is 12.1 Å². The van der Waals surface area contributed by atoms with E-state index in [0.29, 0.717) is 5.56 Å². The summed E-state index contributed by atoms with van der Waals surface area (Å²) in [6.45, 7) is 0. The molecular weight excluding hydrogens is 316 g/mol. The van der Waals surface area contributed by atoms with Gasteiger partial charge in [-0.3, -0.25) is 0 Å². The van der Waals surface area contributed by atoms with Gasteiger partial charge in [-0.25, -0.2) is 13.6 Å². The fraction of sp³-hybridized carbons (Fsp3) is 0.188. The van der Waals surface area contributed by atoms with Crippen LogP contribution >= 0.6 is 0 Å². The number of ether oxygens (including phenoxy) is 2. The Morgan fingerprint density at radius 3 is 1.87 bits per heavy atom. The van der Waals surface area contributed by atoms with E-state index in [1.807, 2.05) is 0 Å². The largest absolute Gasteiger partial charge is 0.491 e. The van der Waals surface area contributed by atoms with E-state index in [0.717, 1.165) is 7.11 Å². The highest BCUT2D eigenvalue weighted by atomic mass is 19.2. The first-order chi connectivity index (χ1) is 10.9. The van der Waals surface area contributed by atoms with Gasteiger partial charge in [0.2, 0.25) is 11.6 Å². The zero-order valence-corrected chi connectivity index (χ0v) is 12.3. The molecule has 2 aromatic rings.